The fourth-order valence-electron chi connectivity index (χ4n) is 2.93. The number of fused-ring (bicyclic) bond motifs is 1. The highest BCUT2D eigenvalue weighted by Crippen LogP contribution is 2.37. The second-order valence-corrected chi connectivity index (χ2v) is 5.29. The minimum atomic E-state index is -0.480. The van der Waals surface area contributed by atoms with Gasteiger partial charge in [-0.25, -0.2) is 9.59 Å². The molecule has 0 amide bonds. The van der Waals surface area contributed by atoms with Crippen molar-refractivity contribution in [2.24, 2.45) is 0 Å². The normalized spacial score (nSPS) is 20.5. The second-order valence-electron chi connectivity index (χ2n) is 5.29. The van der Waals surface area contributed by atoms with E-state index in [-0.39, 0.29) is 12.7 Å². The van der Waals surface area contributed by atoms with E-state index in [4.69, 9.17) is 14.2 Å². The van der Waals surface area contributed by atoms with Crippen LogP contribution in [0, 0.1) is 0 Å². The topological polar surface area (TPSA) is 65.1 Å². The minimum absolute atomic E-state index is 0.260. The van der Waals surface area contributed by atoms with Crippen molar-refractivity contribution in [3.8, 4) is 0 Å². The Morgan fingerprint density at radius 2 is 2.09 bits per heavy atom. The monoisotopic (exact) mass is 305 g/mol. The molecule has 2 aliphatic rings. The van der Waals surface area contributed by atoms with Crippen molar-refractivity contribution >= 4 is 17.6 Å². The molecule has 0 bridgehead atoms. The van der Waals surface area contributed by atoms with Crippen LogP contribution in [0.4, 0.5) is 5.69 Å². The molecule has 2 aliphatic heterocycles. The molecule has 0 N–H and O–H groups in total. The maximum absolute atomic E-state index is 12.4. The molecule has 1 atom stereocenters. The van der Waals surface area contributed by atoms with E-state index in [0.29, 0.717) is 43.1 Å². The lowest BCUT2D eigenvalue weighted by Gasteiger charge is -2.30. The Morgan fingerprint density at radius 3 is 2.77 bits per heavy atom. The molecule has 1 aromatic rings. The summed E-state index contributed by atoms with van der Waals surface area (Å²) in [6, 6.07) is 3.73. The zero-order chi connectivity index (χ0) is 15.7. The quantitative estimate of drug-likeness (QED) is 0.795. The SMILES string of the molecule is CCOC(=O)c1c(N2CCOCC2)ccc2c1C(=O)OC2C. The summed E-state index contributed by atoms with van der Waals surface area (Å²) in [5.74, 6) is -0.937. The Kier molecular flexibility index (Phi) is 4.02. The molecule has 2 heterocycles. The van der Waals surface area contributed by atoms with Gasteiger partial charge in [0.25, 0.3) is 0 Å². The number of hydrogen-bond acceptors (Lipinski definition) is 6. The maximum atomic E-state index is 12.4. The van der Waals surface area contributed by atoms with Gasteiger partial charge in [0.1, 0.15) is 6.10 Å². The predicted molar refractivity (Wildman–Crippen MR) is 79.3 cm³/mol. The second kappa shape index (κ2) is 5.96. The molecule has 0 saturated carbocycles. The molecule has 6 nitrogen and oxygen atoms in total. The first-order valence-corrected chi connectivity index (χ1v) is 7.51. The van der Waals surface area contributed by atoms with Crippen LogP contribution < -0.4 is 4.90 Å². The maximum Gasteiger partial charge on any atom is 0.341 e. The lowest BCUT2D eigenvalue weighted by Crippen LogP contribution is -2.37. The van der Waals surface area contributed by atoms with Gasteiger partial charge in [-0.2, -0.15) is 0 Å². The van der Waals surface area contributed by atoms with Crippen molar-refractivity contribution in [3.63, 3.8) is 0 Å². The Morgan fingerprint density at radius 1 is 1.36 bits per heavy atom. The molecule has 22 heavy (non-hydrogen) atoms. The molecule has 0 spiro atoms. The fraction of sp³-hybridized carbons (Fsp3) is 0.500. The third-order valence-corrected chi connectivity index (χ3v) is 3.97. The number of ether oxygens (including phenoxy) is 3. The van der Waals surface area contributed by atoms with Crippen LogP contribution in [0.5, 0.6) is 0 Å². The third-order valence-electron chi connectivity index (χ3n) is 3.97. The standard InChI is InChI=1S/C16H19NO5/c1-3-21-15(18)14-12(17-6-8-20-9-7-17)5-4-11-10(2)22-16(19)13(11)14/h4-5,10H,3,6-9H2,1-2H3. The average molecular weight is 305 g/mol. The first-order valence-electron chi connectivity index (χ1n) is 7.51. The smallest absolute Gasteiger partial charge is 0.341 e. The van der Waals surface area contributed by atoms with Crippen molar-refractivity contribution in [1.82, 2.24) is 0 Å². The Balaban J connectivity index is 2.11. The number of carbonyl (C=O) groups excluding carboxylic acids is 2. The lowest BCUT2D eigenvalue weighted by molar-refractivity contribution is 0.0410. The summed E-state index contributed by atoms with van der Waals surface area (Å²) in [5, 5.41) is 0. The van der Waals surface area contributed by atoms with E-state index in [1.54, 1.807) is 13.8 Å². The zero-order valence-electron chi connectivity index (χ0n) is 12.8. The van der Waals surface area contributed by atoms with Crippen LogP contribution in [-0.4, -0.2) is 44.8 Å². The largest absolute Gasteiger partial charge is 0.462 e. The van der Waals surface area contributed by atoms with Crippen LogP contribution >= 0.6 is 0 Å². The highest BCUT2D eigenvalue weighted by atomic mass is 16.6. The van der Waals surface area contributed by atoms with E-state index in [2.05, 4.69) is 0 Å². The summed E-state index contributed by atoms with van der Waals surface area (Å²) in [5.41, 5.74) is 2.11. The van der Waals surface area contributed by atoms with Crippen LogP contribution in [0.2, 0.25) is 0 Å². The van der Waals surface area contributed by atoms with E-state index >= 15 is 0 Å². The molecule has 0 aromatic heterocycles. The fourth-order valence-corrected chi connectivity index (χ4v) is 2.93. The Hall–Kier alpha value is -2.08. The zero-order valence-corrected chi connectivity index (χ0v) is 12.8. The molecule has 118 valence electrons. The summed E-state index contributed by atoms with van der Waals surface area (Å²) >= 11 is 0. The number of morpholine rings is 1. The third kappa shape index (κ3) is 2.43. The molecule has 3 rings (SSSR count). The first-order chi connectivity index (χ1) is 10.6. The first kappa shape index (κ1) is 14.8. The van der Waals surface area contributed by atoms with Gasteiger partial charge in [0.15, 0.2) is 0 Å². The average Bonchev–Trinajstić information content (AvgIpc) is 2.82. The highest BCUT2D eigenvalue weighted by molar-refractivity contribution is 6.09. The van der Waals surface area contributed by atoms with Gasteiger partial charge in [0.05, 0.1) is 36.6 Å². The van der Waals surface area contributed by atoms with E-state index in [0.717, 1.165) is 5.56 Å². The number of anilines is 1. The number of esters is 2. The van der Waals surface area contributed by atoms with Crippen LogP contribution in [-0.2, 0) is 14.2 Å². The van der Waals surface area contributed by atoms with E-state index in [9.17, 15) is 9.59 Å². The summed E-state index contributed by atoms with van der Waals surface area (Å²) < 4.78 is 15.8. The molecule has 1 saturated heterocycles. The highest BCUT2D eigenvalue weighted by Gasteiger charge is 2.36. The summed E-state index contributed by atoms with van der Waals surface area (Å²) in [6.07, 6.45) is -0.339. The summed E-state index contributed by atoms with van der Waals surface area (Å²) in [7, 11) is 0. The van der Waals surface area contributed by atoms with Gasteiger partial charge in [-0.1, -0.05) is 6.07 Å². The summed E-state index contributed by atoms with van der Waals surface area (Å²) in [6.45, 7) is 6.35. The van der Waals surface area contributed by atoms with Crippen molar-refractivity contribution in [2.45, 2.75) is 20.0 Å². The van der Waals surface area contributed by atoms with E-state index < -0.39 is 11.9 Å². The van der Waals surface area contributed by atoms with Gasteiger partial charge in [0.2, 0.25) is 0 Å². The van der Waals surface area contributed by atoms with E-state index in [1.807, 2.05) is 17.0 Å². The van der Waals surface area contributed by atoms with Crippen LogP contribution in [0.15, 0.2) is 12.1 Å². The van der Waals surface area contributed by atoms with Gasteiger partial charge in [-0.3, -0.25) is 0 Å². The van der Waals surface area contributed by atoms with E-state index in [1.165, 1.54) is 0 Å². The van der Waals surface area contributed by atoms with Gasteiger partial charge < -0.3 is 19.1 Å². The van der Waals surface area contributed by atoms with Crippen LogP contribution in [0.25, 0.3) is 0 Å². The van der Waals surface area contributed by atoms with Gasteiger partial charge in [-0.15, -0.1) is 0 Å². The molecular formula is C16H19NO5. The molecule has 0 aliphatic carbocycles. The molecule has 0 radical (unpaired) electrons. The summed E-state index contributed by atoms with van der Waals surface area (Å²) in [4.78, 5) is 26.6. The van der Waals surface area contributed by atoms with Crippen molar-refractivity contribution in [3.05, 3.63) is 28.8 Å². The van der Waals surface area contributed by atoms with Gasteiger partial charge >= 0.3 is 11.9 Å². The number of nitrogens with zero attached hydrogens (tertiary/aromatic N) is 1. The predicted octanol–water partition coefficient (Wildman–Crippen LogP) is 1.93. The molecule has 6 heteroatoms. The van der Waals surface area contributed by atoms with Crippen molar-refractivity contribution < 1.29 is 23.8 Å². The van der Waals surface area contributed by atoms with Gasteiger partial charge in [-0.05, 0) is 19.9 Å². The number of carbonyl (C=O) groups is 2. The number of hydrogen-bond donors (Lipinski definition) is 0. The minimum Gasteiger partial charge on any atom is -0.462 e. The van der Waals surface area contributed by atoms with Crippen LogP contribution in [0.1, 0.15) is 46.2 Å². The Labute approximate surface area is 128 Å². The van der Waals surface area contributed by atoms with Crippen molar-refractivity contribution in [1.29, 1.82) is 0 Å². The number of benzene rings is 1. The number of cyclic esters (lactones) is 1. The lowest BCUT2D eigenvalue weighted by atomic mass is 9.97. The molecule has 1 unspecified atom stereocenters. The molecule has 1 fully saturated rings. The molecule has 1 aromatic carbocycles. The van der Waals surface area contributed by atoms with Gasteiger partial charge in [0, 0.05) is 18.7 Å². The van der Waals surface area contributed by atoms with Crippen LogP contribution in [0.3, 0.4) is 0 Å². The number of rotatable bonds is 3. The van der Waals surface area contributed by atoms with Crippen molar-refractivity contribution in [2.75, 3.05) is 37.8 Å². The Bertz CT molecular complexity index is 607. The molecular weight excluding hydrogens is 286 g/mol.